The molecule has 4 nitrogen and oxygen atoms in total. The molecule has 2 N–H and O–H groups in total. The molecule has 0 atom stereocenters. The summed E-state index contributed by atoms with van der Waals surface area (Å²) in [5.41, 5.74) is 0.931. The molecule has 0 radical (unpaired) electrons. The summed E-state index contributed by atoms with van der Waals surface area (Å²) in [4.78, 5) is 0. The lowest BCUT2D eigenvalue weighted by Gasteiger charge is -2.01. The highest BCUT2D eigenvalue weighted by Crippen LogP contribution is 1.82. The minimum Gasteiger partial charge on any atom is -0.312 e. The van der Waals surface area contributed by atoms with E-state index < -0.39 is 10.1 Å². The highest BCUT2D eigenvalue weighted by molar-refractivity contribution is 7.85. The van der Waals surface area contributed by atoms with Gasteiger partial charge in [-0.1, -0.05) is 12.2 Å². The molecule has 0 amide bonds. The lowest BCUT2D eigenvalue weighted by atomic mass is 10.3. The molecule has 0 fully saturated rings. The second-order valence-corrected chi connectivity index (χ2v) is 3.99. The van der Waals surface area contributed by atoms with Crippen molar-refractivity contribution in [3.63, 3.8) is 0 Å². The maximum Gasteiger partial charge on any atom is 0.266 e. The Kier molecular flexibility index (Phi) is 4.32. The second-order valence-electron chi connectivity index (χ2n) is 2.42. The zero-order valence-electron chi connectivity index (χ0n) is 6.50. The lowest BCUT2D eigenvalue weighted by Crippen LogP contribution is -2.23. The molecular weight excluding hydrogens is 166 g/mol. The molecule has 0 aliphatic heterocycles. The van der Waals surface area contributed by atoms with Crippen molar-refractivity contribution >= 4 is 10.1 Å². The van der Waals surface area contributed by atoms with E-state index in [1.165, 1.54) is 0 Å². The summed E-state index contributed by atoms with van der Waals surface area (Å²) < 4.78 is 28.6. The molecule has 0 saturated heterocycles. The SMILES string of the molecule is C=C(C)CNCCS(=O)(=O)O. The van der Waals surface area contributed by atoms with E-state index in [1.54, 1.807) is 0 Å². The van der Waals surface area contributed by atoms with Gasteiger partial charge in [0.05, 0.1) is 5.75 Å². The Morgan fingerprint density at radius 3 is 2.55 bits per heavy atom. The number of nitrogens with one attached hydrogen (secondary N) is 1. The molecule has 11 heavy (non-hydrogen) atoms. The first-order valence-electron chi connectivity index (χ1n) is 3.22. The molecular formula is C6H13NO3S. The van der Waals surface area contributed by atoms with Gasteiger partial charge in [0.2, 0.25) is 0 Å². The summed E-state index contributed by atoms with van der Waals surface area (Å²) in [6.45, 7) is 6.28. The van der Waals surface area contributed by atoms with Crippen LogP contribution in [0.5, 0.6) is 0 Å². The van der Waals surface area contributed by atoms with Crippen LogP contribution in [0.4, 0.5) is 0 Å². The summed E-state index contributed by atoms with van der Waals surface area (Å²) in [6, 6.07) is 0. The molecule has 66 valence electrons. The lowest BCUT2D eigenvalue weighted by molar-refractivity contribution is 0.481. The summed E-state index contributed by atoms with van der Waals surface area (Å²) >= 11 is 0. The summed E-state index contributed by atoms with van der Waals surface area (Å²) in [6.07, 6.45) is 0. The Morgan fingerprint density at radius 1 is 1.64 bits per heavy atom. The quantitative estimate of drug-likeness (QED) is 0.355. The smallest absolute Gasteiger partial charge is 0.266 e. The van der Waals surface area contributed by atoms with Crippen LogP contribution in [0.25, 0.3) is 0 Å². The fourth-order valence-electron chi connectivity index (χ4n) is 0.503. The molecule has 0 aromatic rings. The largest absolute Gasteiger partial charge is 0.312 e. The minimum atomic E-state index is -3.81. The van der Waals surface area contributed by atoms with Crippen molar-refractivity contribution in [1.29, 1.82) is 0 Å². The normalized spacial score (nSPS) is 11.5. The predicted molar refractivity (Wildman–Crippen MR) is 44.1 cm³/mol. The van der Waals surface area contributed by atoms with Crippen LogP contribution in [0.15, 0.2) is 12.2 Å². The van der Waals surface area contributed by atoms with Crippen LogP contribution in [0.3, 0.4) is 0 Å². The van der Waals surface area contributed by atoms with Gasteiger partial charge in [0.1, 0.15) is 0 Å². The maximum absolute atomic E-state index is 10.2. The van der Waals surface area contributed by atoms with Gasteiger partial charge in [-0.3, -0.25) is 4.55 Å². The third kappa shape index (κ3) is 9.61. The molecule has 0 bridgehead atoms. The first-order chi connectivity index (χ1) is 4.92. The molecule has 5 heteroatoms. The van der Waals surface area contributed by atoms with Gasteiger partial charge in [-0.05, 0) is 6.92 Å². The Hall–Kier alpha value is -0.390. The van der Waals surface area contributed by atoms with Gasteiger partial charge in [-0.25, -0.2) is 0 Å². The van der Waals surface area contributed by atoms with E-state index in [1.807, 2.05) is 6.92 Å². The third-order valence-electron chi connectivity index (χ3n) is 0.964. The first-order valence-corrected chi connectivity index (χ1v) is 4.83. The van der Waals surface area contributed by atoms with E-state index in [4.69, 9.17) is 4.55 Å². The van der Waals surface area contributed by atoms with Crippen molar-refractivity contribution in [2.75, 3.05) is 18.8 Å². The average molecular weight is 179 g/mol. The molecule has 0 aliphatic carbocycles. The minimum absolute atomic E-state index is 0.250. The van der Waals surface area contributed by atoms with Gasteiger partial charge in [0.15, 0.2) is 0 Å². The monoisotopic (exact) mass is 179 g/mol. The maximum atomic E-state index is 10.2. The molecule has 0 aromatic heterocycles. The fourth-order valence-corrected chi connectivity index (χ4v) is 0.905. The Morgan fingerprint density at radius 2 is 2.18 bits per heavy atom. The van der Waals surface area contributed by atoms with Crippen LogP contribution < -0.4 is 5.32 Å². The standard InChI is InChI=1S/C6H13NO3S/c1-6(2)5-7-3-4-11(8,9)10/h7H,1,3-5H2,2H3,(H,8,9,10). The third-order valence-corrected chi connectivity index (χ3v) is 1.68. The Bertz CT molecular complexity index is 220. The van der Waals surface area contributed by atoms with Crippen molar-refractivity contribution in [3.05, 3.63) is 12.2 Å². The van der Waals surface area contributed by atoms with E-state index in [9.17, 15) is 8.42 Å². The van der Waals surface area contributed by atoms with Crippen molar-refractivity contribution < 1.29 is 13.0 Å². The van der Waals surface area contributed by atoms with Gasteiger partial charge < -0.3 is 5.32 Å². The zero-order valence-corrected chi connectivity index (χ0v) is 7.32. The van der Waals surface area contributed by atoms with Crippen LogP contribution in [-0.2, 0) is 10.1 Å². The molecule has 0 aliphatic rings. The van der Waals surface area contributed by atoms with E-state index in [2.05, 4.69) is 11.9 Å². The summed E-state index contributed by atoms with van der Waals surface area (Å²) in [5.74, 6) is -0.250. The molecule has 0 heterocycles. The van der Waals surface area contributed by atoms with E-state index in [0.717, 1.165) is 5.57 Å². The highest BCUT2D eigenvalue weighted by atomic mass is 32.2. The van der Waals surface area contributed by atoms with Crippen molar-refractivity contribution in [2.24, 2.45) is 0 Å². The van der Waals surface area contributed by atoms with E-state index in [0.29, 0.717) is 6.54 Å². The average Bonchev–Trinajstić information content (AvgIpc) is 1.78. The fraction of sp³-hybridized carbons (Fsp3) is 0.667. The van der Waals surface area contributed by atoms with Gasteiger partial charge in [-0.2, -0.15) is 8.42 Å². The molecule has 0 aromatic carbocycles. The van der Waals surface area contributed by atoms with E-state index in [-0.39, 0.29) is 12.3 Å². The number of hydrogen-bond acceptors (Lipinski definition) is 3. The Labute approximate surface area is 67.1 Å². The molecule has 0 saturated carbocycles. The first kappa shape index (κ1) is 10.6. The second kappa shape index (κ2) is 4.48. The van der Waals surface area contributed by atoms with Gasteiger partial charge >= 0.3 is 0 Å². The topological polar surface area (TPSA) is 66.4 Å². The van der Waals surface area contributed by atoms with Crippen LogP contribution in [0, 0.1) is 0 Å². The number of rotatable bonds is 5. The molecule has 0 unspecified atom stereocenters. The molecule has 0 spiro atoms. The van der Waals surface area contributed by atoms with Crippen LogP contribution >= 0.6 is 0 Å². The highest BCUT2D eigenvalue weighted by Gasteiger charge is 2.01. The zero-order chi connectivity index (χ0) is 8.91. The summed E-state index contributed by atoms with van der Waals surface area (Å²) in [7, 11) is -3.81. The van der Waals surface area contributed by atoms with Crippen molar-refractivity contribution in [1.82, 2.24) is 5.32 Å². The van der Waals surface area contributed by atoms with Crippen LogP contribution in [-0.4, -0.2) is 31.8 Å². The van der Waals surface area contributed by atoms with Crippen LogP contribution in [0.1, 0.15) is 6.92 Å². The van der Waals surface area contributed by atoms with Gasteiger partial charge in [-0.15, -0.1) is 0 Å². The van der Waals surface area contributed by atoms with Crippen molar-refractivity contribution in [2.45, 2.75) is 6.92 Å². The van der Waals surface area contributed by atoms with Crippen LogP contribution in [0.2, 0.25) is 0 Å². The Balaban J connectivity index is 3.37. The van der Waals surface area contributed by atoms with Gasteiger partial charge in [0, 0.05) is 13.1 Å². The summed E-state index contributed by atoms with van der Waals surface area (Å²) in [5, 5.41) is 2.80. The predicted octanol–water partition coefficient (Wildman–Crippen LogP) is 0.0399. The molecule has 0 rings (SSSR count). The van der Waals surface area contributed by atoms with Crippen molar-refractivity contribution in [3.8, 4) is 0 Å². The van der Waals surface area contributed by atoms with Gasteiger partial charge in [0.25, 0.3) is 10.1 Å². The van der Waals surface area contributed by atoms with E-state index >= 15 is 0 Å². The number of hydrogen-bond donors (Lipinski definition) is 2.